The third-order valence-corrected chi connectivity index (χ3v) is 4.50. The summed E-state index contributed by atoms with van der Waals surface area (Å²) in [7, 11) is 0. The van der Waals surface area contributed by atoms with E-state index in [4.69, 9.17) is 9.47 Å². The van der Waals surface area contributed by atoms with E-state index in [2.05, 4.69) is 45.6 Å². The molecule has 26 heavy (non-hydrogen) atoms. The molecule has 1 aliphatic rings. The number of hydrogen-bond donors (Lipinski definition) is 2. The van der Waals surface area contributed by atoms with Gasteiger partial charge in [0, 0.05) is 34.6 Å². The first kappa shape index (κ1) is 14.8. The van der Waals surface area contributed by atoms with Crippen molar-refractivity contribution in [1.82, 2.24) is 15.2 Å². The molecule has 0 saturated carbocycles. The minimum atomic E-state index is 0.204. The van der Waals surface area contributed by atoms with Crippen molar-refractivity contribution in [1.29, 1.82) is 0 Å². The Morgan fingerprint density at radius 1 is 1.04 bits per heavy atom. The lowest BCUT2D eigenvalue weighted by atomic mass is 10.1. The fraction of sp³-hybridized carbons (Fsp3) is 0.100. The molecule has 5 rings (SSSR count). The van der Waals surface area contributed by atoms with Crippen molar-refractivity contribution in [3.8, 4) is 22.6 Å². The van der Waals surface area contributed by atoms with Crippen LogP contribution in [-0.2, 0) is 0 Å². The van der Waals surface area contributed by atoms with Crippen molar-refractivity contribution < 1.29 is 9.47 Å². The minimum absolute atomic E-state index is 0.204. The molecule has 128 valence electrons. The first-order valence-electron chi connectivity index (χ1n) is 8.34. The number of nitrogens with one attached hydrogen (secondary N) is 2. The van der Waals surface area contributed by atoms with Gasteiger partial charge in [-0.3, -0.25) is 10.1 Å². The Balaban J connectivity index is 1.59. The highest BCUT2D eigenvalue weighted by Gasteiger charge is 2.23. The molecule has 0 amide bonds. The maximum Gasteiger partial charge on any atom is 0.231 e. The summed E-state index contributed by atoms with van der Waals surface area (Å²) in [6.07, 6.45) is 5.41. The molecule has 6 nitrogen and oxygen atoms in total. The van der Waals surface area contributed by atoms with Crippen molar-refractivity contribution in [3.63, 3.8) is 0 Å². The number of aromatic amines is 1. The smallest absolute Gasteiger partial charge is 0.231 e. The fourth-order valence-electron chi connectivity index (χ4n) is 3.23. The highest BCUT2D eigenvalue weighted by atomic mass is 16.7. The molecule has 3 heterocycles. The van der Waals surface area contributed by atoms with Crippen LogP contribution in [0, 0.1) is 6.92 Å². The van der Waals surface area contributed by atoms with E-state index in [9.17, 15) is 0 Å². The Morgan fingerprint density at radius 2 is 1.96 bits per heavy atom. The van der Waals surface area contributed by atoms with Crippen LogP contribution in [0.15, 0.2) is 55.0 Å². The Bertz CT molecular complexity index is 1110. The summed E-state index contributed by atoms with van der Waals surface area (Å²) in [4.78, 5) is 4.46. The SMILES string of the molecule is Cc1ccc2c(Nc3ccc(-c4cn[nH]c4)c4c3OCO4)ccnc2c1. The van der Waals surface area contributed by atoms with Gasteiger partial charge in [-0.05, 0) is 36.8 Å². The Morgan fingerprint density at radius 3 is 2.85 bits per heavy atom. The van der Waals surface area contributed by atoms with Crippen molar-refractivity contribution in [3.05, 3.63) is 60.6 Å². The Hall–Kier alpha value is -3.54. The summed E-state index contributed by atoms with van der Waals surface area (Å²) in [6, 6.07) is 12.2. The molecule has 1 aliphatic heterocycles. The van der Waals surface area contributed by atoms with Crippen molar-refractivity contribution >= 4 is 22.3 Å². The number of hydrogen-bond acceptors (Lipinski definition) is 5. The van der Waals surface area contributed by atoms with Crippen LogP contribution in [0.1, 0.15) is 5.56 Å². The molecule has 2 aromatic heterocycles. The number of rotatable bonds is 3. The van der Waals surface area contributed by atoms with Crippen LogP contribution in [-0.4, -0.2) is 22.0 Å². The first-order valence-corrected chi connectivity index (χ1v) is 8.34. The van der Waals surface area contributed by atoms with Gasteiger partial charge in [0.25, 0.3) is 0 Å². The van der Waals surface area contributed by atoms with Crippen LogP contribution in [0.5, 0.6) is 11.5 Å². The van der Waals surface area contributed by atoms with Crippen molar-refractivity contribution in [2.45, 2.75) is 6.92 Å². The normalized spacial score (nSPS) is 12.5. The van der Waals surface area contributed by atoms with Gasteiger partial charge in [-0.25, -0.2) is 0 Å². The molecule has 0 aliphatic carbocycles. The molecule has 0 atom stereocenters. The molecule has 2 N–H and O–H groups in total. The molecule has 0 saturated heterocycles. The van der Waals surface area contributed by atoms with E-state index in [1.165, 1.54) is 5.56 Å². The number of fused-ring (bicyclic) bond motifs is 2. The maximum absolute atomic E-state index is 5.74. The maximum atomic E-state index is 5.74. The van der Waals surface area contributed by atoms with Gasteiger partial charge in [0.05, 0.1) is 17.4 Å². The van der Waals surface area contributed by atoms with Gasteiger partial charge >= 0.3 is 0 Å². The van der Waals surface area contributed by atoms with Crippen LogP contribution in [0.25, 0.3) is 22.0 Å². The number of H-pyrrole nitrogens is 1. The number of ether oxygens (including phenoxy) is 2. The second-order valence-electron chi connectivity index (χ2n) is 6.22. The number of aryl methyl sites for hydroxylation is 1. The standard InChI is InChI=1S/C20H16N4O2/c1-12-2-3-15-16(6-7-21-18(15)8-12)24-17-5-4-14(13-9-22-23-10-13)19-20(17)26-11-25-19/h2-10H,11H2,1H3,(H,21,24)(H,22,23). The van der Waals surface area contributed by atoms with E-state index in [0.29, 0.717) is 5.75 Å². The second kappa shape index (κ2) is 5.77. The Labute approximate surface area is 149 Å². The van der Waals surface area contributed by atoms with E-state index >= 15 is 0 Å². The third-order valence-electron chi connectivity index (χ3n) is 4.50. The highest BCUT2D eigenvalue weighted by molar-refractivity contribution is 5.94. The number of pyridine rings is 1. The summed E-state index contributed by atoms with van der Waals surface area (Å²) in [5.41, 5.74) is 5.89. The topological polar surface area (TPSA) is 72.1 Å². The first-order chi connectivity index (χ1) is 12.8. The number of aromatic nitrogens is 3. The monoisotopic (exact) mass is 344 g/mol. The largest absolute Gasteiger partial charge is 0.453 e. The van der Waals surface area contributed by atoms with Crippen molar-refractivity contribution in [2.24, 2.45) is 0 Å². The summed E-state index contributed by atoms with van der Waals surface area (Å²) < 4.78 is 11.5. The molecular weight excluding hydrogens is 328 g/mol. The number of benzene rings is 2. The van der Waals surface area contributed by atoms with E-state index in [1.54, 1.807) is 6.20 Å². The van der Waals surface area contributed by atoms with Gasteiger partial charge in [0.1, 0.15) is 0 Å². The van der Waals surface area contributed by atoms with Gasteiger partial charge in [-0.1, -0.05) is 12.1 Å². The van der Waals surface area contributed by atoms with Crippen LogP contribution in [0.4, 0.5) is 11.4 Å². The minimum Gasteiger partial charge on any atom is -0.453 e. The molecule has 6 heteroatoms. The van der Waals surface area contributed by atoms with Gasteiger partial charge in [0.2, 0.25) is 6.79 Å². The summed E-state index contributed by atoms with van der Waals surface area (Å²) in [5, 5.41) is 11.4. The van der Waals surface area contributed by atoms with E-state index in [-0.39, 0.29) is 6.79 Å². The van der Waals surface area contributed by atoms with Crippen LogP contribution in [0.2, 0.25) is 0 Å². The molecule has 0 radical (unpaired) electrons. The predicted octanol–water partition coefficient (Wildman–Crippen LogP) is 4.41. The predicted molar refractivity (Wildman–Crippen MR) is 99.9 cm³/mol. The lowest BCUT2D eigenvalue weighted by molar-refractivity contribution is 0.174. The zero-order valence-corrected chi connectivity index (χ0v) is 14.1. The molecule has 2 aromatic carbocycles. The molecule has 0 fully saturated rings. The van der Waals surface area contributed by atoms with E-state index < -0.39 is 0 Å². The van der Waals surface area contributed by atoms with Crippen LogP contribution in [0.3, 0.4) is 0 Å². The lowest BCUT2D eigenvalue weighted by Gasteiger charge is -2.13. The number of anilines is 2. The quantitative estimate of drug-likeness (QED) is 0.576. The molecule has 0 bridgehead atoms. The van der Waals surface area contributed by atoms with Crippen molar-refractivity contribution in [2.75, 3.05) is 12.1 Å². The molecule has 4 aromatic rings. The van der Waals surface area contributed by atoms with Gasteiger partial charge < -0.3 is 14.8 Å². The van der Waals surface area contributed by atoms with Gasteiger partial charge in [-0.2, -0.15) is 5.10 Å². The summed E-state index contributed by atoms with van der Waals surface area (Å²) in [6.45, 7) is 2.27. The second-order valence-corrected chi connectivity index (χ2v) is 6.22. The van der Waals surface area contributed by atoms with Gasteiger partial charge in [0.15, 0.2) is 11.5 Å². The average molecular weight is 344 g/mol. The molecule has 0 spiro atoms. The fourth-order valence-corrected chi connectivity index (χ4v) is 3.23. The third kappa shape index (κ3) is 2.35. The molecular formula is C20H16N4O2. The summed E-state index contributed by atoms with van der Waals surface area (Å²) >= 11 is 0. The van der Waals surface area contributed by atoms with E-state index in [1.807, 2.05) is 30.6 Å². The zero-order valence-electron chi connectivity index (χ0n) is 14.1. The van der Waals surface area contributed by atoms with Gasteiger partial charge in [-0.15, -0.1) is 0 Å². The van der Waals surface area contributed by atoms with E-state index in [0.717, 1.165) is 39.2 Å². The lowest BCUT2D eigenvalue weighted by Crippen LogP contribution is -1.96. The van der Waals surface area contributed by atoms with Crippen LogP contribution < -0.4 is 14.8 Å². The Kier molecular flexibility index (Phi) is 3.28. The highest BCUT2D eigenvalue weighted by Crippen LogP contribution is 2.47. The molecule has 0 unspecified atom stereocenters. The van der Waals surface area contributed by atoms with Crippen LogP contribution >= 0.6 is 0 Å². The number of nitrogens with zero attached hydrogens (tertiary/aromatic N) is 2. The average Bonchev–Trinajstić information content (AvgIpc) is 3.34. The summed E-state index contributed by atoms with van der Waals surface area (Å²) in [5.74, 6) is 1.44. The zero-order chi connectivity index (χ0) is 17.5.